The molecule has 1 saturated heterocycles. The van der Waals surface area contributed by atoms with Gasteiger partial charge in [-0.05, 0) is 63.2 Å². The molecule has 3 heteroatoms. The third-order valence-electron chi connectivity index (χ3n) is 4.32. The van der Waals surface area contributed by atoms with Gasteiger partial charge in [0.05, 0.1) is 0 Å². The molecule has 0 aromatic heterocycles. The van der Waals surface area contributed by atoms with E-state index in [9.17, 15) is 4.79 Å². The molecule has 1 heterocycles. The van der Waals surface area contributed by atoms with Crippen molar-refractivity contribution in [2.24, 2.45) is 5.92 Å². The summed E-state index contributed by atoms with van der Waals surface area (Å²) in [5.41, 5.74) is 1.25. The minimum atomic E-state index is 0.190. The molecule has 1 aliphatic carbocycles. The van der Waals surface area contributed by atoms with Crippen molar-refractivity contribution in [2.75, 3.05) is 26.2 Å². The van der Waals surface area contributed by atoms with Gasteiger partial charge in [0.15, 0.2) is 0 Å². The Balaban J connectivity index is 0.00000123. The second-order valence-electron chi connectivity index (χ2n) is 6.16. The molecule has 2 rings (SSSR count). The largest absolute Gasteiger partial charge is 0.352 e. The smallest absolute Gasteiger partial charge is 0.220 e. The lowest BCUT2D eigenvalue weighted by molar-refractivity contribution is -0.121. The van der Waals surface area contributed by atoms with E-state index < -0.39 is 0 Å². The summed E-state index contributed by atoms with van der Waals surface area (Å²) in [6.07, 6.45) is 13.0. The highest BCUT2D eigenvalue weighted by atomic mass is 16.1. The third kappa shape index (κ3) is 10.6. The fourth-order valence-corrected chi connectivity index (χ4v) is 2.84. The summed E-state index contributed by atoms with van der Waals surface area (Å²) in [5.74, 6) is 1.07. The molecule has 0 aromatic rings. The summed E-state index contributed by atoms with van der Waals surface area (Å²) in [6.45, 7) is 14.5. The molecule has 0 aromatic carbocycles. The molecule has 0 spiro atoms. The molecular weight excluding hydrogens is 296 g/mol. The van der Waals surface area contributed by atoms with E-state index in [1.165, 1.54) is 31.5 Å². The minimum Gasteiger partial charge on any atom is -0.352 e. The van der Waals surface area contributed by atoms with Gasteiger partial charge in [0.25, 0.3) is 0 Å². The van der Waals surface area contributed by atoms with E-state index in [0.717, 1.165) is 31.7 Å². The Labute approximate surface area is 150 Å². The van der Waals surface area contributed by atoms with Gasteiger partial charge in [-0.1, -0.05) is 52.8 Å². The molecule has 0 atom stereocenters. The highest BCUT2D eigenvalue weighted by molar-refractivity contribution is 5.76. The van der Waals surface area contributed by atoms with Crippen LogP contribution in [0.5, 0.6) is 0 Å². The van der Waals surface area contributed by atoms with Gasteiger partial charge < -0.3 is 10.2 Å². The van der Waals surface area contributed by atoms with Crippen LogP contribution in [0.25, 0.3) is 0 Å². The lowest BCUT2D eigenvalue weighted by Gasteiger charge is -2.29. The van der Waals surface area contributed by atoms with E-state index in [4.69, 9.17) is 0 Å². The highest BCUT2D eigenvalue weighted by Gasteiger charge is 2.15. The Morgan fingerprint density at radius 3 is 2.42 bits per heavy atom. The van der Waals surface area contributed by atoms with E-state index in [1.807, 2.05) is 27.7 Å². The Morgan fingerprint density at radius 2 is 1.83 bits per heavy atom. The Kier molecular flexibility index (Phi) is 14.7. The van der Waals surface area contributed by atoms with Crippen molar-refractivity contribution in [1.29, 1.82) is 0 Å². The lowest BCUT2D eigenvalue weighted by Crippen LogP contribution is -2.34. The summed E-state index contributed by atoms with van der Waals surface area (Å²) in [7, 11) is 0. The second kappa shape index (κ2) is 15.4. The van der Waals surface area contributed by atoms with Crippen LogP contribution in [-0.4, -0.2) is 37.0 Å². The van der Waals surface area contributed by atoms with Crippen LogP contribution in [0.15, 0.2) is 23.8 Å². The monoisotopic (exact) mass is 336 g/mol. The van der Waals surface area contributed by atoms with Crippen LogP contribution in [0, 0.1) is 5.92 Å². The van der Waals surface area contributed by atoms with Gasteiger partial charge in [-0.25, -0.2) is 0 Å². The van der Waals surface area contributed by atoms with Gasteiger partial charge in [-0.15, -0.1) is 0 Å². The van der Waals surface area contributed by atoms with E-state index >= 15 is 0 Å². The van der Waals surface area contributed by atoms with Crippen molar-refractivity contribution in [2.45, 2.75) is 73.1 Å². The quantitative estimate of drug-likeness (QED) is 0.745. The van der Waals surface area contributed by atoms with E-state index in [-0.39, 0.29) is 5.91 Å². The molecule has 24 heavy (non-hydrogen) atoms. The molecule has 0 radical (unpaired) electrons. The molecule has 140 valence electrons. The molecule has 1 aliphatic heterocycles. The van der Waals surface area contributed by atoms with Gasteiger partial charge in [0.2, 0.25) is 5.91 Å². The summed E-state index contributed by atoms with van der Waals surface area (Å²) in [6, 6.07) is 0. The number of hydrogen-bond donors (Lipinski definition) is 1. The number of nitrogens with one attached hydrogen (secondary N) is 1. The maximum Gasteiger partial charge on any atom is 0.220 e. The van der Waals surface area contributed by atoms with Crippen molar-refractivity contribution in [1.82, 2.24) is 10.2 Å². The first-order chi connectivity index (χ1) is 11.7. The van der Waals surface area contributed by atoms with Crippen molar-refractivity contribution in [3.63, 3.8) is 0 Å². The first-order valence-electron chi connectivity index (χ1n) is 10.1. The first kappa shape index (κ1) is 22.9. The normalized spacial score (nSPS) is 17.8. The zero-order chi connectivity index (χ0) is 18.2. The van der Waals surface area contributed by atoms with Crippen LogP contribution in [0.1, 0.15) is 73.1 Å². The molecular formula is C21H40N2O. The standard InChI is InChI=1S/C17H28N2O.2C2H6/c1-15-9-12-19(13-10-15)11-5-8-17(20)18-14-16-6-3-2-4-7-16;2*1-2/h3,6-7,15H,2,4-5,8-14H2,1H3,(H,18,20);2*1-2H3. The maximum atomic E-state index is 11.8. The predicted molar refractivity (Wildman–Crippen MR) is 106 cm³/mol. The number of nitrogens with zero attached hydrogens (tertiary/aromatic N) is 1. The number of carbonyl (C=O) groups is 1. The van der Waals surface area contributed by atoms with Gasteiger partial charge >= 0.3 is 0 Å². The number of amides is 1. The van der Waals surface area contributed by atoms with Crippen molar-refractivity contribution < 1.29 is 4.79 Å². The number of likely N-dealkylation sites (tertiary alicyclic amines) is 1. The van der Waals surface area contributed by atoms with Crippen LogP contribution < -0.4 is 5.32 Å². The molecule has 3 nitrogen and oxygen atoms in total. The number of allylic oxidation sites excluding steroid dienone is 2. The average molecular weight is 337 g/mol. The maximum absolute atomic E-state index is 11.8. The van der Waals surface area contributed by atoms with Crippen molar-refractivity contribution in [3.8, 4) is 0 Å². The van der Waals surface area contributed by atoms with Crippen LogP contribution in [-0.2, 0) is 4.79 Å². The van der Waals surface area contributed by atoms with Crippen LogP contribution in [0.3, 0.4) is 0 Å². The zero-order valence-corrected chi connectivity index (χ0v) is 16.7. The zero-order valence-electron chi connectivity index (χ0n) is 16.7. The van der Waals surface area contributed by atoms with Gasteiger partial charge in [0.1, 0.15) is 0 Å². The van der Waals surface area contributed by atoms with Crippen LogP contribution in [0.2, 0.25) is 0 Å². The van der Waals surface area contributed by atoms with E-state index in [0.29, 0.717) is 13.0 Å². The number of carbonyl (C=O) groups excluding carboxylic acids is 1. The topological polar surface area (TPSA) is 32.3 Å². The fourth-order valence-electron chi connectivity index (χ4n) is 2.84. The van der Waals surface area contributed by atoms with Gasteiger partial charge in [-0.2, -0.15) is 0 Å². The Morgan fingerprint density at radius 1 is 1.17 bits per heavy atom. The molecule has 2 aliphatic rings. The lowest BCUT2D eigenvalue weighted by atomic mass is 9.99. The number of piperidine rings is 1. The highest BCUT2D eigenvalue weighted by Crippen LogP contribution is 2.16. The number of rotatable bonds is 6. The third-order valence-corrected chi connectivity index (χ3v) is 4.32. The molecule has 1 amide bonds. The Hall–Kier alpha value is -1.09. The van der Waals surface area contributed by atoms with Crippen LogP contribution >= 0.6 is 0 Å². The molecule has 1 N–H and O–H groups in total. The van der Waals surface area contributed by atoms with Crippen molar-refractivity contribution in [3.05, 3.63) is 23.8 Å². The molecule has 0 saturated carbocycles. The summed E-state index contributed by atoms with van der Waals surface area (Å²) in [5, 5.41) is 3.02. The summed E-state index contributed by atoms with van der Waals surface area (Å²) < 4.78 is 0. The van der Waals surface area contributed by atoms with Gasteiger partial charge in [-0.3, -0.25) is 4.79 Å². The molecule has 1 fully saturated rings. The second-order valence-corrected chi connectivity index (χ2v) is 6.16. The average Bonchev–Trinajstić information content (AvgIpc) is 2.66. The first-order valence-corrected chi connectivity index (χ1v) is 10.1. The predicted octanol–water partition coefficient (Wildman–Crippen LogP) is 4.94. The van der Waals surface area contributed by atoms with Crippen molar-refractivity contribution >= 4 is 5.91 Å². The fraction of sp³-hybridized carbons (Fsp3) is 0.762. The Bertz CT molecular complexity index is 366. The SMILES string of the molecule is CC.CC.CC1CCN(CCCC(=O)NCC2=CCCC=C2)CC1. The van der Waals surface area contributed by atoms with E-state index in [2.05, 4.69) is 35.4 Å². The van der Waals surface area contributed by atoms with E-state index in [1.54, 1.807) is 0 Å². The minimum absolute atomic E-state index is 0.190. The number of hydrogen-bond acceptors (Lipinski definition) is 2. The van der Waals surface area contributed by atoms with Gasteiger partial charge in [0, 0.05) is 13.0 Å². The molecule has 0 bridgehead atoms. The molecule has 0 unspecified atom stereocenters. The summed E-state index contributed by atoms with van der Waals surface area (Å²) in [4.78, 5) is 14.3. The summed E-state index contributed by atoms with van der Waals surface area (Å²) >= 11 is 0. The van der Waals surface area contributed by atoms with Crippen LogP contribution in [0.4, 0.5) is 0 Å².